The Bertz CT molecular complexity index is 704. The first-order chi connectivity index (χ1) is 11.1. The summed E-state index contributed by atoms with van der Waals surface area (Å²) in [4.78, 5) is 17.4. The minimum atomic E-state index is -1.00. The van der Waals surface area contributed by atoms with E-state index in [1.54, 1.807) is 6.20 Å². The number of aryl methyl sites for hydroxylation is 1. The van der Waals surface area contributed by atoms with Crippen molar-refractivity contribution in [3.8, 4) is 0 Å². The third-order valence-electron chi connectivity index (χ3n) is 4.26. The van der Waals surface area contributed by atoms with Crippen LogP contribution in [0, 0.1) is 6.92 Å². The van der Waals surface area contributed by atoms with Gasteiger partial charge in [-0.05, 0) is 37.0 Å². The molecule has 0 N–H and O–H groups in total. The molecule has 3 nitrogen and oxygen atoms in total. The zero-order valence-electron chi connectivity index (χ0n) is 13.3. The van der Waals surface area contributed by atoms with Crippen LogP contribution in [-0.4, -0.2) is 20.2 Å². The first-order valence-electron chi connectivity index (χ1n) is 8.03. The number of ketones is 1. The van der Waals surface area contributed by atoms with E-state index in [2.05, 4.69) is 4.98 Å². The molecule has 1 aromatic carbocycles. The molecule has 0 bridgehead atoms. The van der Waals surface area contributed by atoms with E-state index in [0.717, 1.165) is 33.9 Å². The number of hydrogen-bond donors (Lipinski definition) is 0. The fourth-order valence-electron chi connectivity index (χ4n) is 3.06. The molecule has 0 radical (unpaired) electrons. The molecule has 0 saturated heterocycles. The SMILES string of the molecule is Cc1ccc(CC(=O)Cc2nccs2)c(S(=O)C2CCCC2)c1. The summed E-state index contributed by atoms with van der Waals surface area (Å²) >= 11 is 1.50. The van der Waals surface area contributed by atoms with Gasteiger partial charge in [0.05, 0.1) is 22.2 Å². The van der Waals surface area contributed by atoms with Crippen LogP contribution in [0.3, 0.4) is 0 Å². The Labute approximate surface area is 143 Å². The number of carbonyl (C=O) groups excluding carboxylic acids is 1. The Hall–Kier alpha value is -1.33. The van der Waals surface area contributed by atoms with Gasteiger partial charge >= 0.3 is 0 Å². The zero-order valence-corrected chi connectivity index (χ0v) is 14.9. The van der Waals surface area contributed by atoms with Crippen LogP contribution in [0.15, 0.2) is 34.7 Å². The molecular formula is C18H21NO2S2. The molecule has 1 aliphatic carbocycles. The third-order valence-corrected chi connectivity index (χ3v) is 6.93. The van der Waals surface area contributed by atoms with Crippen molar-refractivity contribution in [3.05, 3.63) is 45.9 Å². The molecule has 1 saturated carbocycles. The summed E-state index contributed by atoms with van der Waals surface area (Å²) in [5.41, 5.74) is 2.02. The fraction of sp³-hybridized carbons (Fsp3) is 0.444. The van der Waals surface area contributed by atoms with E-state index in [9.17, 15) is 9.00 Å². The topological polar surface area (TPSA) is 47.0 Å². The summed E-state index contributed by atoms with van der Waals surface area (Å²) in [6.07, 6.45) is 6.83. The van der Waals surface area contributed by atoms with Crippen LogP contribution in [0.1, 0.15) is 41.8 Å². The molecule has 0 aliphatic heterocycles. The second kappa shape index (κ2) is 7.49. The van der Waals surface area contributed by atoms with Crippen molar-refractivity contribution in [1.29, 1.82) is 0 Å². The van der Waals surface area contributed by atoms with Crippen molar-refractivity contribution in [1.82, 2.24) is 4.98 Å². The Kier molecular flexibility index (Phi) is 5.38. The molecule has 1 aliphatic rings. The van der Waals surface area contributed by atoms with Gasteiger partial charge in [-0.2, -0.15) is 0 Å². The van der Waals surface area contributed by atoms with Gasteiger partial charge < -0.3 is 0 Å². The standard InChI is InChI=1S/C18H21NO2S2/c1-13-6-7-14(11-15(20)12-18-19-8-9-22-18)17(10-13)23(21)16-4-2-3-5-16/h6-10,16H,2-5,11-12H2,1H3. The highest BCUT2D eigenvalue weighted by Gasteiger charge is 2.25. The van der Waals surface area contributed by atoms with Crippen molar-refractivity contribution >= 4 is 27.9 Å². The van der Waals surface area contributed by atoms with Gasteiger partial charge in [-0.1, -0.05) is 25.0 Å². The van der Waals surface area contributed by atoms with E-state index < -0.39 is 10.8 Å². The van der Waals surface area contributed by atoms with Crippen LogP contribution < -0.4 is 0 Å². The molecule has 1 fully saturated rings. The molecule has 122 valence electrons. The number of thiazole rings is 1. The first-order valence-corrected chi connectivity index (χ1v) is 10.1. The summed E-state index contributed by atoms with van der Waals surface area (Å²) in [5.74, 6) is 0.133. The number of nitrogens with zero attached hydrogens (tertiary/aromatic N) is 1. The summed E-state index contributed by atoms with van der Waals surface area (Å²) < 4.78 is 12.9. The number of hydrogen-bond acceptors (Lipinski definition) is 4. The minimum Gasteiger partial charge on any atom is -0.299 e. The maximum absolute atomic E-state index is 12.9. The van der Waals surface area contributed by atoms with Crippen molar-refractivity contribution in [2.75, 3.05) is 0 Å². The monoisotopic (exact) mass is 347 g/mol. The molecule has 1 heterocycles. The van der Waals surface area contributed by atoms with Gasteiger partial charge in [0.25, 0.3) is 0 Å². The molecule has 1 atom stereocenters. The second-order valence-electron chi connectivity index (χ2n) is 6.13. The van der Waals surface area contributed by atoms with Crippen LogP contribution in [-0.2, 0) is 28.4 Å². The lowest BCUT2D eigenvalue weighted by Gasteiger charge is -2.14. The quantitative estimate of drug-likeness (QED) is 0.797. The van der Waals surface area contributed by atoms with Gasteiger partial charge in [-0.25, -0.2) is 4.98 Å². The van der Waals surface area contributed by atoms with Crippen molar-refractivity contribution in [3.63, 3.8) is 0 Å². The highest BCUT2D eigenvalue weighted by molar-refractivity contribution is 7.85. The number of carbonyl (C=O) groups is 1. The lowest BCUT2D eigenvalue weighted by Crippen LogP contribution is -2.15. The highest BCUT2D eigenvalue weighted by Crippen LogP contribution is 2.29. The first kappa shape index (κ1) is 16.5. The molecule has 1 aromatic heterocycles. The molecule has 0 spiro atoms. The fourth-order valence-corrected chi connectivity index (χ4v) is 5.53. The van der Waals surface area contributed by atoms with E-state index in [0.29, 0.717) is 12.8 Å². The van der Waals surface area contributed by atoms with E-state index in [1.165, 1.54) is 24.2 Å². The van der Waals surface area contributed by atoms with Crippen LogP contribution >= 0.6 is 11.3 Å². The van der Waals surface area contributed by atoms with Crippen LogP contribution in [0.2, 0.25) is 0 Å². The average Bonchev–Trinajstić information content (AvgIpc) is 3.21. The van der Waals surface area contributed by atoms with Gasteiger partial charge in [0.2, 0.25) is 0 Å². The van der Waals surface area contributed by atoms with Gasteiger partial charge in [-0.15, -0.1) is 11.3 Å². The predicted octanol–water partition coefficient (Wildman–Crippen LogP) is 3.86. The normalized spacial score (nSPS) is 16.6. The van der Waals surface area contributed by atoms with Gasteiger partial charge in [-0.3, -0.25) is 9.00 Å². The molecule has 5 heteroatoms. The largest absolute Gasteiger partial charge is 0.299 e. The lowest BCUT2D eigenvalue weighted by atomic mass is 10.1. The Balaban J connectivity index is 1.78. The van der Waals surface area contributed by atoms with E-state index in [-0.39, 0.29) is 11.0 Å². The van der Waals surface area contributed by atoms with Crippen LogP contribution in [0.4, 0.5) is 0 Å². The summed E-state index contributed by atoms with van der Waals surface area (Å²) in [7, 11) is -1.00. The molecule has 3 rings (SSSR count). The van der Waals surface area contributed by atoms with Gasteiger partial charge in [0.1, 0.15) is 5.78 Å². The number of benzene rings is 1. The average molecular weight is 348 g/mol. The van der Waals surface area contributed by atoms with Crippen LogP contribution in [0.25, 0.3) is 0 Å². The summed E-state index contributed by atoms with van der Waals surface area (Å²) in [6, 6.07) is 5.97. The second-order valence-corrected chi connectivity index (χ2v) is 8.81. The van der Waals surface area contributed by atoms with E-state index in [1.807, 2.05) is 30.5 Å². The summed E-state index contributed by atoms with van der Waals surface area (Å²) in [6.45, 7) is 2.01. The predicted molar refractivity (Wildman–Crippen MR) is 94.4 cm³/mol. The highest BCUT2D eigenvalue weighted by atomic mass is 32.2. The molecular weight excluding hydrogens is 326 g/mol. The lowest BCUT2D eigenvalue weighted by molar-refractivity contribution is -0.117. The van der Waals surface area contributed by atoms with Crippen molar-refractivity contribution in [2.24, 2.45) is 0 Å². The van der Waals surface area contributed by atoms with E-state index >= 15 is 0 Å². The van der Waals surface area contributed by atoms with Crippen molar-refractivity contribution < 1.29 is 9.00 Å². The Morgan fingerprint density at radius 2 is 2.09 bits per heavy atom. The maximum Gasteiger partial charge on any atom is 0.144 e. The van der Waals surface area contributed by atoms with Gasteiger partial charge in [0.15, 0.2) is 0 Å². The Morgan fingerprint density at radius 1 is 1.30 bits per heavy atom. The molecule has 2 aromatic rings. The number of Topliss-reactive ketones (excluding diaryl/α,β-unsaturated/α-hetero) is 1. The maximum atomic E-state index is 12.9. The Morgan fingerprint density at radius 3 is 2.78 bits per heavy atom. The summed E-state index contributed by atoms with van der Waals surface area (Å²) in [5, 5.41) is 2.99. The molecule has 23 heavy (non-hydrogen) atoms. The molecule has 1 unspecified atom stereocenters. The van der Waals surface area contributed by atoms with Crippen molar-refractivity contribution in [2.45, 2.75) is 55.6 Å². The van der Waals surface area contributed by atoms with Crippen LogP contribution in [0.5, 0.6) is 0 Å². The molecule has 0 amide bonds. The smallest absolute Gasteiger partial charge is 0.144 e. The minimum absolute atomic E-state index is 0.133. The van der Waals surface area contributed by atoms with Gasteiger partial charge in [0, 0.05) is 28.1 Å². The third kappa shape index (κ3) is 4.15. The number of rotatable bonds is 6. The zero-order chi connectivity index (χ0) is 16.2. The van der Waals surface area contributed by atoms with E-state index in [4.69, 9.17) is 0 Å². The number of aromatic nitrogens is 1.